The van der Waals surface area contributed by atoms with Gasteiger partial charge in [0.15, 0.2) is 0 Å². The second-order valence-corrected chi connectivity index (χ2v) is 10.3. The SMILES string of the molecule is C=C[C@@]1(C)CC[C@@H]2[C@@]34C[C@@H](CC(C)(C)[C@@H]3CC[C@@]2(C)O1)O[C@@H]4OC(C)=O. The van der Waals surface area contributed by atoms with Crippen LogP contribution in [0.25, 0.3) is 0 Å². The third-order valence-corrected chi connectivity index (χ3v) is 8.10. The van der Waals surface area contributed by atoms with Gasteiger partial charge in [0.2, 0.25) is 6.29 Å². The number of ether oxygens (including phenoxy) is 3. The van der Waals surface area contributed by atoms with Gasteiger partial charge in [-0.1, -0.05) is 19.9 Å². The lowest BCUT2D eigenvalue weighted by atomic mass is 9.44. The zero-order valence-electron chi connectivity index (χ0n) is 17.0. The van der Waals surface area contributed by atoms with Gasteiger partial charge in [0.05, 0.1) is 17.3 Å². The monoisotopic (exact) mass is 362 g/mol. The van der Waals surface area contributed by atoms with Gasteiger partial charge in [0.1, 0.15) is 0 Å². The Morgan fingerprint density at radius 2 is 1.81 bits per heavy atom. The van der Waals surface area contributed by atoms with Crippen LogP contribution in [0.1, 0.15) is 73.1 Å². The predicted octanol–water partition coefficient (Wildman–Crippen LogP) is 4.62. The van der Waals surface area contributed by atoms with E-state index in [1.54, 1.807) is 0 Å². The summed E-state index contributed by atoms with van der Waals surface area (Å²) in [7, 11) is 0. The van der Waals surface area contributed by atoms with E-state index in [0.717, 1.165) is 38.5 Å². The first-order valence-corrected chi connectivity index (χ1v) is 10.2. The van der Waals surface area contributed by atoms with Crippen molar-refractivity contribution in [1.29, 1.82) is 0 Å². The van der Waals surface area contributed by atoms with Gasteiger partial charge in [0.25, 0.3) is 0 Å². The summed E-state index contributed by atoms with van der Waals surface area (Å²) in [6, 6.07) is 0. The van der Waals surface area contributed by atoms with Crippen LogP contribution >= 0.6 is 0 Å². The molecular formula is C22H34O4. The predicted molar refractivity (Wildman–Crippen MR) is 99.4 cm³/mol. The van der Waals surface area contributed by atoms with Crippen molar-refractivity contribution >= 4 is 5.97 Å². The van der Waals surface area contributed by atoms with Crippen molar-refractivity contribution in [2.75, 3.05) is 0 Å². The van der Waals surface area contributed by atoms with E-state index < -0.39 is 6.29 Å². The Balaban J connectivity index is 1.78. The zero-order valence-corrected chi connectivity index (χ0v) is 17.0. The van der Waals surface area contributed by atoms with Crippen molar-refractivity contribution in [3.8, 4) is 0 Å². The number of hydrogen-bond donors (Lipinski definition) is 0. The summed E-state index contributed by atoms with van der Waals surface area (Å²) < 4.78 is 18.9. The quantitative estimate of drug-likeness (QED) is 0.531. The summed E-state index contributed by atoms with van der Waals surface area (Å²) in [6.07, 6.45) is 7.93. The average Bonchev–Trinajstić information content (AvgIpc) is 2.78. The summed E-state index contributed by atoms with van der Waals surface area (Å²) in [5.74, 6) is 0.594. The smallest absolute Gasteiger partial charge is 0.304 e. The van der Waals surface area contributed by atoms with E-state index in [9.17, 15) is 4.79 Å². The van der Waals surface area contributed by atoms with Crippen molar-refractivity contribution < 1.29 is 19.0 Å². The van der Waals surface area contributed by atoms with E-state index in [1.807, 2.05) is 6.08 Å². The maximum absolute atomic E-state index is 11.9. The van der Waals surface area contributed by atoms with Crippen molar-refractivity contribution in [1.82, 2.24) is 0 Å². The highest BCUT2D eigenvalue weighted by molar-refractivity contribution is 5.66. The largest absolute Gasteiger partial charge is 0.435 e. The molecule has 26 heavy (non-hydrogen) atoms. The second-order valence-electron chi connectivity index (χ2n) is 10.3. The summed E-state index contributed by atoms with van der Waals surface area (Å²) in [5.41, 5.74) is -0.428. The third-order valence-electron chi connectivity index (χ3n) is 8.10. The molecule has 0 N–H and O–H groups in total. The number of fused-ring (bicyclic) bond motifs is 2. The minimum atomic E-state index is -0.432. The highest BCUT2D eigenvalue weighted by atomic mass is 16.7. The Kier molecular flexibility index (Phi) is 3.96. The molecule has 2 aliphatic carbocycles. The molecule has 2 heterocycles. The fourth-order valence-corrected chi connectivity index (χ4v) is 7.25. The topological polar surface area (TPSA) is 44.8 Å². The lowest BCUT2D eigenvalue weighted by Crippen LogP contribution is -2.65. The van der Waals surface area contributed by atoms with Gasteiger partial charge in [-0.05, 0) is 69.6 Å². The van der Waals surface area contributed by atoms with Gasteiger partial charge in [-0.25, -0.2) is 0 Å². The molecule has 2 saturated heterocycles. The van der Waals surface area contributed by atoms with Crippen LogP contribution in [-0.2, 0) is 19.0 Å². The molecule has 2 saturated carbocycles. The molecule has 0 aromatic rings. The first kappa shape index (κ1) is 18.5. The normalized spacial score (nSPS) is 51.9. The average molecular weight is 363 g/mol. The van der Waals surface area contributed by atoms with Crippen molar-refractivity contribution in [3.05, 3.63) is 12.7 Å². The molecule has 7 atom stereocenters. The molecule has 146 valence electrons. The molecule has 0 radical (unpaired) electrons. The molecule has 4 nitrogen and oxygen atoms in total. The Morgan fingerprint density at radius 1 is 1.12 bits per heavy atom. The van der Waals surface area contributed by atoms with Crippen molar-refractivity contribution in [2.45, 2.75) is 96.7 Å². The Labute approximate surface area is 157 Å². The molecule has 1 spiro atoms. The third kappa shape index (κ3) is 2.44. The molecule has 0 amide bonds. The highest BCUT2D eigenvalue weighted by Gasteiger charge is 2.71. The minimum absolute atomic E-state index is 0.131. The lowest BCUT2D eigenvalue weighted by Gasteiger charge is -2.64. The molecule has 4 aliphatic rings. The van der Waals surface area contributed by atoms with Gasteiger partial charge >= 0.3 is 5.97 Å². The standard InChI is InChI=1S/C22H34O4/c1-7-20(5)10-8-17-21(6,26-20)11-9-16-19(3,4)12-15-13-22(16,17)18(25-15)24-14(2)23/h7,15-18H,1,8-13H2,2-6H3/t15-,16+,17+,18+,20+,21-,22-/m1/s1. The molecule has 0 aromatic heterocycles. The van der Waals surface area contributed by atoms with Gasteiger partial charge in [-0.15, -0.1) is 6.58 Å². The van der Waals surface area contributed by atoms with E-state index in [4.69, 9.17) is 14.2 Å². The molecule has 4 rings (SSSR count). The summed E-state index contributed by atoms with van der Waals surface area (Å²) in [4.78, 5) is 11.9. The fourth-order valence-electron chi connectivity index (χ4n) is 7.25. The first-order chi connectivity index (χ1) is 12.0. The Hall–Kier alpha value is -0.870. The van der Waals surface area contributed by atoms with Crippen LogP contribution in [0.2, 0.25) is 0 Å². The number of carbonyl (C=O) groups is 1. The van der Waals surface area contributed by atoms with E-state index in [0.29, 0.717) is 11.8 Å². The summed E-state index contributed by atoms with van der Waals surface area (Å²) >= 11 is 0. The van der Waals surface area contributed by atoms with Crippen LogP contribution in [0, 0.1) is 22.7 Å². The van der Waals surface area contributed by atoms with Crippen LogP contribution in [0.15, 0.2) is 12.7 Å². The van der Waals surface area contributed by atoms with E-state index in [2.05, 4.69) is 34.3 Å². The van der Waals surface area contributed by atoms with Crippen LogP contribution in [-0.4, -0.2) is 29.6 Å². The molecule has 0 unspecified atom stereocenters. The highest BCUT2D eigenvalue weighted by Crippen LogP contribution is 2.70. The first-order valence-electron chi connectivity index (χ1n) is 10.2. The molecule has 4 heteroatoms. The Morgan fingerprint density at radius 3 is 2.46 bits per heavy atom. The molecule has 2 aliphatic heterocycles. The van der Waals surface area contributed by atoms with Gasteiger partial charge < -0.3 is 14.2 Å². The van der Waals surface area contributed by atoms with E-state index in [1.165, 1.54) is 6.92 Å². The number of rotatable bonds is 2. The van der Waals surface area contributed by atoms with Crippen LogP contribution in [0.4, 0.5) is 0 Å². The van der Waals surface area contributed by atoms with Crippen LogP contribution < -0.4 is 0 Å². The fraction of sp³-hybridized carbons (Fsp3) is 0.864. The number of carbonyl (C=O) groups excluding carboxylic acids is 1. The van der Waals surface area contributed by atoms with Crippen LogP contribution in [0.3, 0.4) is 0 Å². The number of esters is 1. The zero-order chi connectivity index (χ0) is 19.0. The molecular weight excluding hydrogens is 328 g/mol. The van der Waals surface area contributed by atoms with Crippen LogP contribution in [0.5, 0.6) is 0 Å². The van der Waals surface area contributed by atoms with Crippen molar-refractivity contribution in [2.24, 2.45) is 22.7 Å². The van der Waals surface area contributed by atoms with E-state index in [-0.39, 0.29) is 34.1 Å². The maximum atomic E-state index is 11.9. The summed E-state index contributed by atoms with van der Waals surface area (Å²) in [5, 5.41) is 0. The van der Waals surface area contributed by atoms with Gasteiger partial charge in [0, 0.05) is 12.3 Å². The number of hydrogen-bond acceptors (Lipinski definition) is 4. The molecule has 0 aromatic carbocycles. The Bertz CT molecular complexity index is 628. The van der Waals surface area contributed by atoms with E-state index >= 15 is 0 Å². The molecule has 2 bridgehead atoms. The maximum Gasteiger partial charge on any atom is 0.304 e. The van der Waals surface area contributed by atoms with Gasteiger partial charge in [-0.2, -0.15) is 0 Å². The van der Waals surface area contributed by atoms with Crippen molar-refractivity contribution in [3.63, 3.8) is 0 Å². The lowest BCUT2D eigenvalue weighted by molar-refractivity contribution is -0.281. The second kappa shape index (κ2) is 5.57. The van der Waals surface area contributed by atoms with Gasteiger partial charge in [-0.3, -0.25) is 4.79 Å². The molecule has 4 fully saturated rings. The summed E-state index contributed by atoms with van der Waals surface area (Å²) in [6.45, 7) is 14.7. The minimum Gasteiger partial charge on any atom is -0.435 e.